The molecule has 0 saturated carbocycles. The standard InChI is InChI=1S/C18H15BrN2O4/c1-2-17-13-8-3-4-9-14(13)21(25)18(17,24)16(23)20(15(17)22)12-7-5-6-11(19)10-12/h3-10,24-25H,2H2,1H3/t17-,18-/m0/s1. The molecule has 1 fully saturated rings. The Morgan fingerprint density at radius 3 is 2.48 bits per heavy atom. The van der Waals surface area contributed by atoms with Crippen LogP contribution in [0.4, 0.5) is 11.4 Å². The molecule has 2 atom stereocenters. The van der Waals surface area contributed by atoms with Crippen LogP contribution < -0.4 is 9.96 Å². The zero-order valence-corrected chi connectivity index (χ0v) is 14.9. The number of rotatable bonds is 2. The van der Waals surface area contributed by atoms with Crippen molar-refractivity contribution in [2.45, 2.75) is 24.5 Å². The number of carbonyl (C=O) groups excluding carboxylic acids is 2. The number of nitrogens with zero attached hydrogens (tertiary/aromatic N) is 2. The van der Waals surface area contributed by atoms with Crippen molar-refractivity contribution < 1.29 is 19.9 Å². The van der Waals surface area contributed by atoms with Crippen molar-refractivity contribution in [3.63, 3.8) is 0 Å². The Balaban J connectivity index is 1.99. The highest BCUT2D eigenvalue weighted by atomic mass is 79.9. The predicted molar refractivity (Wildman–Crippen MR) is 94.3 cm³/mol. The van der Waals surface area contributed by atoms with Crippen LogP contribution in [0.15, 0.2) is 53.0 Å². The summed E-state index contributed by atoms with van der Waals surface area (Å²) in [4.78, 5) is 27.4. The summed E-state index contributed by atoms with van der Waals surface area (Å²) in [6, 6.07) is 13.3. The van der Waals surface area contributed by atoms with E-state index in [1.807, 2.05) is 0 Å². The third-order valence-corrected chi connectivity index (χ3v) is 5.65. The molecular weight excluding hydrogens is 388 g/mol. The number of hydroxylamine groups is 1. The Kier molecular flexibility index (Phi) is 3.34. The van der Waals surface area contributed by atoms with Gasteiger partial charge in [-0.25, -0.2) is 9.96 Å². The van der Waals surface area contributed by atoms with Gasteiger partial charge >= 0.3 is 0 Å². The summed E-state index contributed by atoms with van der Waals surface area (Å²) in [5.41, 5.74) is -2.88. The Hall–Kier alpha value is -2.22. The Labute approximate surface area is 152 Å². The molecular formula is C18H15BrN2O4. The Morgan fingerprint density at radius 2 is 1.80 bits per heavy atom. The number of benzene rings is 2. The number of hydrogen-bond acceptors (Lipinski definition) is 5. The van der Waals surface area contributed by atoms with Crippen LogP contribution in [0, 0.1) is 0 Å². The van der Waals surface area contributed by atoms with Crippen molar-refractivity contribution in [2.24, 2.45) is 0 Å². The van der Waals surface area contributed by atoms with Crippen molar-refractivity contribution in [1.82, 2.24) is 0 Å². The first-order chi connectivity index (χ1) is 11.9. The van der Waals surface area contributed by atoms with Gasteiger partial charge in [-0.1, -0.05) is 47.1 Å². The Bertz CT molecular complexity index is 917. The van der Waals surface area contributed by atoms with Crippen LogP contribution in [-0.2, 0) is 15.0 Å². The maximum atomic E-state index is 13.4. The molecule has 6 nitrogen and oxygen atoms in total. The molecule has 2 aromatic rings. The maximum Gasteiger partial charge on any atom is 0.290 e. The lowest BCUT2D eigenvalue weighted by atomic mass is 9.73. The van der Waals surface area contributed by atoms with Crippen LogP contribution in [-0.4, -0.2) is 27.9 Å². The monoisotopic (exact) mass is 402 g/mol. The van der Waals surface area contributed by atoms with E-state index in [1.165, 1.54) is 0 Å². The van der Waals surface area contributed by atoms with Gasteiger partial charge in [0, 0.05) is 4.47 Å². The Morgan fingerprint density at radius 1 is 1.08 bits per heavy atom. The van der Waals surface area contributed by atoms with E-state index in [2.05, 4.69) is 15.9 Å². The molecule has 0 unspecified atom stereocenters. The van der Waals surface area contributed by atoms with Gasteiger partial charge < -0.3 is 5.11 Å². The number of anilines is 2. The molecule has 4 rings (SSSR count). The first-order valence-electron chi connectivity index (χ1n) is 7.85. The number of fused-ring (bicyclic) bond motifs is 3. The summed E-state index contributed by atoms with van der Waals surface area (Å²) >= 11 is 3.32. The van der Waals surface area contributed by atoms with E-state index in [9.17, 15) is 19.9 Å². The minimum atomic E-state index is -2.37. The van der Waals surface area contributed by atoms with Gasteiger partial charge in [-0.3, -0.25) is 14.8 Å². The molecule has 2 aromatic carbocycles. The maximum absolute atomic E-state index is 13.4. The van der Waals surface area contributed by atoms with Crippen LogP contribution in [0.5, 0.6) is 0 Å². The van der Waals surface area contributed by atoms with Crippen molar-refractivity contribution in [2.75, 3.05) is 9.96 Å². The van der Waals surface area contributed by atoms with Gasteiger partial charge in [0.15, 0.2) is 0 Å². The lowest BCUT2D eigenvalue weighted by Crippen LogP contribution is -2.59. The number of para-hydroxylation sites is 1. The summed E-state index contributed by atoms with van der Waals surface area (Å²) < 4.78 is 0.696. The van der Waals surface area contributed by atoms with E-state index in [0.29, 0.717) is 20.8 Å². The second-order valence-corrected chi connectivity index (χ2v) is 7.10. The second-order valence-electron chi connectivity index (χ2n) is 6.19. The van der Waals surface area contributed by atoms with Crippen molar-refractivity contribution in [1.29, 1.82) is 0 Å². The van der Waals surface area contributed by atoms with Crippen molar-refractivity contribution >= 4 is 39.1 Å². The van der Waals surface area contributed by atoms with Gasteiger partial charge in [-0.05, 0) is 36.2 Å². The van der Waals surface area contributed by atoms with E-state index in [1.54, 1.807) is 55.5 Å². The molecule has 0 spiro atoms. The van der Waals surface area contributed by atoms with E-state index in [4.69, 9.17) is 0 Å². The van der Waals surface area contributed by atoms with E-state index < -0.39 is 23.0 Å². The third kappa shape index (κ3) is 1.70. The molecule has 0 aromatic heterocycles. The second kappa shape index (κ2) is 5.14. The van der Waals surface area contributed by atoms with Gasteiger partial charge in [-0.15, -0.1) is 0 Å². The average Bonchev–Trinajstić information content (AvgIpc) is 2.92. The van der Waals surface area contributed by atoms with Crippen molar-refractivity contribution in [3.05, 3.63) is 58.6 Å². The van der Waals surface area contributed by atoms with Crippen LogP contribution in [0.1, 0.15) is 18.9 Å². The molecule has 0 bridgehead atoms. The van der Waals surface area contributed by atoms with Crippen LogP contribution in [0.25, 0.3) is 0 Å². The normalized spacial score (nSPS) is 27.7. The van der Waals surface area contributed by atoms with Crippen LogP contribution in [0.3, 0.4) is 0 Å². The highest BCUT2D eigenvalue weighted by molar-refractivity contribution is 9.10. The molecule has 2 aliphatic rings. The summed E-state index contributed by atoms with van der Waals surface area (Å²) in [6.45, 7) is 1.72. The minimum absolute atomic E-state index is 0.159. The first kappa shape index (κ1) is 16.3. The van der Waals surface area contributed by atoms with Gasteiger partial charge in [0.05, 0.1) is 11.4 Å². The lowest BCUT2D eigenvalue weighted by molar-refractivity contribution is -0.147. The quantitative estimate of drug-likeness (QED) is 0.754. The predicted octanol–water partition coefficient (Wildman–Crippen LogP) is 2.57. The lowest BCUT2D eigenvalue weighted by Gasteiger charge is -2.33. The van der Waals surface area contributed by atoms with E-state index in [0.717, 1.165) is 4.90 Å². The highest BCUT2D eigenvalue weighted by Crippen LogP contribution is 2.57. The largest absolute Gasteiger partial charge is 0.360 e. The molecule has 2 N–H and O–H groups in total. The zero-order valence-electron chi connectivity index (χ0n) is 13.3. The van der Waals surface area contributed by atoms with Gasteiger partial charge in [0.25, 0.3) is 11.6 Å². The fraction of sp³-hybridized carbons (Fsp3) is 0.222. The summed E-state index contributed by atoms with van der Waals surface area (Å²) in [5, 5.41) is 22.4. The minimum Gasteiger partial charge on any atom is -0.360 e. The molecule has 7 heteroatoms. The number of hydrogen-bond donors (Lipinski definition) is 2. The van der Waals surface area contributed by atoms with Crippen LogP contribution in [0.2, 0.25) is 0 Å². The number of aliphatic hydroxyl groups is 1. The number of amides is 2. The number of carbonyl (C=O) groups is 2. The fourth-order valence-corrected chi connectivity index (χ4v) is 4.36. The van der Waals surface area contributed by atoms with Crippen LogP contribution >= 0.6 is 15.9 Å². The summed E-state index contributed by atoms with van der Waals surface area (Å²) in [6.07, 6.45) is 0.159. The molecule has 2 aliphatic heterocycles. The van der Waals surface area contributed by atoms with E-state index >= 15 is 0 Å². The van der Waals surface area contributed by atoms with Gasteiger partial charge in [0.2, 0.25) is 5.91 Å². The third-order valence-electron chi connectivity index (χ3n) is 5.16. The summed E-state index contributed by atoms with van der Waals surface area (Å²) in [5.74, 6) is -1.42. The highest BCUT2D eigenvalue weighted by Gasteiger charge is 2.76. The van der Waals surface area contributed by atoms with E-state index in [-0.39, 0.29) is 12.1 Å². The first-order valence-corrected chi connectivity index (χ1v) is 8.64. The number of imide groups is 1. The molecule has 0 aliphatic carbocycles. The molecule has 1 saturated heterocycles. The molecule has 2 amide bonds. The topological polar surface area (TPSA) is 81.1 Å². The molecule has 128 valence electrons. The van der Waals surface area contributed by atoms with Crippen molar-refractivity contribution in [3.8, 4) is 0 Å². The SMILES string of the molecule is CC[C@]12C(=O)N(c3cccc(Br)c3)C(=O)[C@@]1(O)N(O)c1ccccc12. The van der Waals surface area contributed by atoms with Gasteiger partial charge in [-0.2, -0.15) is 0 Å². The summed E-state index contributed by atoms with van der Waals surface area (Å²) in [7, 11) is 0. The fourth-order valence-electron chi connectivity index (χ4n) is 3.98. The average molecular weight is 403 g/mol. The number of halogens is 1. The van der Waals surface area contributed by atoms with Gasteiger partial charge in [0.1, 0.15) is 5.41 Å². The molecule has 0 radical (unpaired) electrons. The zero-order chi connectivity index (χ0) is 18.0. The molecule has 25 heavy (non-hydrogen) atoms. The smallest absolute Gasteiger partial charge is 0.290 e. The molecule has 2 heterocycles.